The van der Waals surface area contributed by atoms with E-state index in [1.54, 1.807) is 6.92 Å². The van der Waals surface area contributed by atoms with Gasteiger partial charge in [-0.1, -0.05) is 15.9 Å². The lowest BCUT2D eigenvalue weighted by Gasteiger charge is -2.04. The zero-order valence-electron chi connectivity index (χ0n) is 6.90. The Morgan fingerprint density at radius 3 is 2.67 bits per heavy atom. The van der Waals surface area contributed by atoms with Crippen molar-refractivity contribution in [3.05, 3.63) is 33.5 Å². The van der Waals surface area contributed by atoms with Crippen LogP contribution in [0.1, 0.15) is 11.1 Å². The Balaban J connectivity index is 3.04. The highest BCUT2D eigenvalue weighted by Gasteiger charge is 2.03. The molecule has 0 fully saturated rings. The van der Waals surface area contributed by atoms with Crippen LogP contribution >= 0.6 is 15.9 Å². The zero-order valence-corrected chi connectivity index (χ0v) is 8.49. The predicted molar refractivity (Wildman–Crippen MR) is 51.6 cm³/mol. The molecule has 0 saturated carbocycles. The summed E-state index contributed by atoms with van der Waals surface area (Å²) in [5.74, 6) is -0.173. The second kappa shape index (κ2) is 4.01. The van der Waals surface area contributed by atoms with E-state index >= 15 is 0 Å². The predicted octanol–water partition coefficient (Wildman–Crippen LogP) is 2.40. The van der Waals surface area contributed by atoms with E-state index in [4.69, 9.17) is 5.73 Å². The van der Waals surface area contributed by atoms with Crippen LogP contribution in [0.25, 0.3) is 0 Å². The minimum absolute atomic E-state index is 0.173. The van der Waals surface area contributed by atoms with Gasteiger partial charge in [0.2, 0.25) is 0 Å². The topological polar surface area (TPSA) is 26.0 Å². The number of halogens is 2. The maximum Gasteiger partial charge on any atom is 0.127 e. The molecule has 0 amide bonds. The molecule has 3 heteroatoms. The van der Waals surface area contributed by atoms with Gasteiger partial charge in [0.1, 0.15) is 5.82 Å². The smallest absolute Gasteiger partial charge is 0.127 e. The van der Waals surface area contributed by atoms with Crippen molar-refractivity contribution in [2.24, 2.45) is 5.73 Å². The first-order valence-electron chi connectivity index (χ1n) is 3.79. The molecule has 0 spiro atoms. The molecule has 2 N–H and O–H groups in total. The minimum Gasteiger partial charge on any atom is -0.330 e. The van der Waals surface area contributed by atoms with Gasteiger partial charge >= 0.3 is 0 Å². The Labute approximate surface area is 79.9 Å². The van der Waals surface area contributed by atoms with Gasteiger partial charge in [0.15, 0.2) is 0 Å². The van der Waals surface area contributed by atoms with E-state index in [1.165, 1.54) is 6.07 Å². The summed E-state index contributed by atoms with van der Waals surface area (Å²) in [6.07, 6.45) is 0.718. The third-order valence-electron chi connectivity index (χ3n) is 1.77. The summed E-state index contributed by atoms with van der Waals surface area (Å²) < 4.78 is 13.9. The van der Waals surface area contributed by atoms with E-state index in [1.807, 2.05) is 6.07 Å². The van der Waals surface area contributed by atoms with E-state index in [0.717, 1.165) is 16.5 Å². The zero-order chi connectivity index (χ0) is 9.14. The van der Waals surface area contributed by atoms with Crippen LogP contribution in [0.2, 0.25) is 0 Å². The van der Waals surface area contributed by atoms with Crippen molar-refractivity contribution in [2.75, 3.05) is 6.54 Å². The molecule has 0 aromatic heterocycles. The monoisotopic (exact) mass is 231 g/mol. The third kappa shape index (κ3) is 2.05. The average Bonchev–Trinajstić information content (AvgIpc) is 2.01. The molecule has 0 aliphatic carbocycles. The van der Waals surface area contributed by atoms with Crippen LogP contribution in [0.15, 0.2) is 16.6 Å². The van der Waals surface area contributed by atoms with Gasteiger partial charge in [0.25, 0.3) is 0 Å². The molecule has 1 rings (SSSR count). The molecule has 0 saturated heterocycles. The lowest BCUT2D eigenvalue weighted by atomic mass is 10.1. The summed E-state index contributed by atoms with van der Waals surface area (Å²) in [5, 5.41) is 0. The van der Waals surface area contributed by atoms with E-state index in [2.05, 4.69) is 15.9 Å². The summed E-state index contributed by atoms with van der Waals surface area (Å²) in [6.45, 7) is 2.29. The molecule has 1 aromatic carbocycles. The molecular weight excluding hydrogens is 221 g/mol. The van der Waals surface area contributed by atoms with Gasteiger partial charge in [0, 0.05) is 4.47 Å². The summed E-state index contributed by atoms with van der Waals surface area (Å²) >= 11 is 3.29. The molecule has 12 heavy (non-hydrogen) atoms. The van der Waals surface area contributed by atoms with Crippen molar-refractivity contribution in [1.29, 1.82) is 0 Å². The fraction of sp³-hybridized carbons (Fsp3) is 0.333. The van der Waals surface area contributed by atoms with Crippen LogP contribution in [0.3, 0.4) is 0 Å². The van der Waals surface area contributed by atoms with Gasteiger partial charge in [-0.05, 0) is 43.1 Å². The van der Waals surface area contributed by atoms with Gasteiger partial charge in [0.05, 0.1) is 0 Å². The maximum absolute atomic E-state index is 13.1. The molecular formula is C9H11BrFN. The van der Waals surface area contributed by atoms with Crippen molar-refractivity contribution in [3.8, 4) is 0 Å². The highest BCUT2D eigenvalue weighted by Crippen LogP contribution is 2.21. The van der Waals surface area contributed by atoms with Crippen molar-refractivity contribution in [3.63, 3.8) is 0 Å². The van der Waals surface area contributed by atoms with Gasteiger partial charge in [-0.2, -0.15) is 0 Å². The third-order valence-corrected chi connectivity index (χ3v) is 2.60. The van der Waals surface area contributed by atoms with Crippen LogP contribution in [0.5, 0.6) is 0 Å². The summed E-state index contributed by atoms with van der Waals surface area (Å²) in [5.41, 5.74) is 6.95. The number of rotatable bonds is 2. The standard InChI is InChI=1S/C9H11BrFN/c1-6-8(10)4-7(2-3-12)5-9(6)11/h4-5H,2-3,12H2,1H3. The second-order valence-electron chi connectivity index (χ2n) is 2.72. The van der Waals surface area contributed by atoms with Crippen LogP contribution in [-0.2, 0) is 6.42 Å². The summed E-state index contributed by atoms with van der Waals surface area (Å²) in [6, 6.07) is 3.44. The molecule has 66 valence electrons. The largest absolute Gasteiger partial charge is 0.330 e. The van der Waals surface area contributed by atoms with Gasteiger partial charge < -0.3 is 5.73 Å². The van der Waals surface area contributed by atoms with E-state index in [9.17, 15) is 4.39 Å². The van der Waals surface area contributed by atoms with Crippen LogP contribution in [-0.4, -0.2) is 6.54 Å². The SMILES string of the molecule is Cc1c(F)cc(CCN)cc1Br. The van der Waals surface area contributed by atoms with Crippen molar-refractivity contribution >= 4 is 15.9 Å². The summed E-state index contributed by atoms with van der Waals surface area (Å²) in [4.78, 5) is 0. The molecule has 0 aliphatic heterocycles. The maximum atomic E-state index is 13.1. The molecule has 0 aliphatic rings. The first-order valence-corrected chi connectivity index (χ1v) is 4.59. The molecule has 1 aromatic rings. The van der Waals surface area contributed by atoms with E-state index in [0.29, 0.717) is 12.1 Å². The Kier molecular flexibility index (Phi) is 3.23. The minimum atomic E-state index is -0.173. The lowest BCUT2D eigenvalue weighted by molar-refractivity contribution is 0.614. The van der Waals surface area contributed by atoms with Gasteiger partial charge in [-0.3, -0.25) is 0 Å². The van der Waals surface area contributed by atoms with Crippen molar-refractivity contribution in [1.82, 2.24) is 0 Å². The van der Waals surface area contributed by atoms with E-state index < -0.39 is 0 Å². The fourth-order valence-corrected chi connectivity index (χ4v) is 1.49. The fourth-order valence-electron chi connectivity index (χ4n) is 1.01. The van der Waals surface area contributed by atoms with Gasteiger partial charge in [-0.15, -0.1) is 0 Å². The van der Waals surface area contributed by atoms with Gasteiger partial charge in [-0.25, -0.2) is 4.39 Å². The van der Waals surface area contributed by atoms with Crippen molar-refractivity contribution < 1.29 is 4.39 Å². The molecule has 0 radical (unpaired) electrons. The number of hydrogen-bond donors (Lipinski definition) is 1. The highest BCUT2D eigenvalue weighted by molar-refractivity contribution is 9.10. The normalized spacial score (nSPS) is 10.3. The molecule has 0 heterocycles. The van der Waals surface area contributed by atoms with Crippen LogP contribution in [0, 0.1) is 12.7 Å². The quantitative estimate of drug-likeness (QED) is 0.832. The highest BCUT2D eigenvalue weighted by atomic mass is 79.9. The Hall–Kier alpha value is -0.410. The number of hydrogen-bond acceptors (Lipinski definition) is 1. The lowest BCUT2D eigenvalue weighted by Crippen LogP contribution is -2.03. The average molecular weight is 232 g/mol. The molecule has 1 nitrogen and oxygen atoms in total. The number of nitrogens with two attached hydrogens (primary N) is 1. The molecule has 0 atom stereocenters. The summed E-state index contributed by atoms with van der Waals surface area (Å²) in [7, 11) is 0. The Bertz CT molecular complexity index is 263. The Morgan fingerprint density at radius 2 is 2.17 bits per heavy atom. The Morgan fingerprint density at radius 1 is 1.50 bits per heavy atom. The van der Waals surface area contributed by atoms with E-state index in [-0.39, 0.29) is 5.82 Å². The second-order valence-corrected chi connectivity index (χ2v) is 3.58. The number of benzene rings is 1. The van der Waals surface area contributed by atoms with Crippen LogP contribution in [0.4, 0.5) is 4.39 Å². The first-order chi connectivity index (χ1) is 5.65. The van der Waals surface area contributed by atoms with Crippen LogP contribution < -0.4 is 5.73 Å². The van der Waals surface area contributed by atoms with Crippen molar-refractivity contribution in [2.45, 2.75) is 13.3 Å². The first kappa shape index (κ1) is 9.68. The molecule has 0 bridgehead atoms. The molecule has 0 unspecified atom stereocenters.